The van der Waals surface area contributed by atoms with Crippen LogP contribution < -0.4 is 10.6 Å². The van der Waals surface area contributed by atoms with Crippen LogP contribution >= 0.6 is 11.6 Å². The van der Waals surface area contributed by atoms with Crippen LogP contribution in [0, 0.1) is 0 Å². The molecule has 0 saturated heterocycles. The molecule has 134 valence electrons. The summed E-state index contributed by atoms with van der Waals surface area (Å²) in [6.45, 7) is 6.78. The molecule has 1 atom stereocenters. The van der Waals surface area contributed by atoms with Gasteiger partial charge in [-0.2, -0.15) is 0 Å². The third kappa shape index (κ3) is 5.76. The zero-order chi connectivity index (χ0) is 18.4. The lowest BCUT2D eigenvalue weighted by Gasteiger charge is -2.19. The topological polar surface area (TPSA) is 61.4 Å². The SMILES string of the molecule is CC(C)(C)c1ccc(C(=O)Nc2cccc(NCC(O)CCl)c2)cc1. The summed E-state index contributed by atoms with van der Waals surface area (Å²) in [5, 5.41) is 15.5. The highest BCUT2D eigenvalue weighted by molar-refractivity contribution is 6.18. The molecule has 1 amide bonds. The average molecular weight is 361 g/mol. The fraction of sp³-hybridized carbons (Fsp3) is 0.350. The molecule has 0 aliphatic rings. The van der Waals surface area contributed by atoms with E-state index in [2.05, 4.69) is 31.4 Å². The van der Waals surface area contributed by atoms with E-state index < -0.39 is 6.10 Å². The molecule has 0 heterocycles. The van der Waals surface area contributed by atoms with E-state index in [9.17, 15) is 9.90 Å². The summed E-state index contributed by atoms with van der Waals surface area (Å²) < 4.78 is 0. The quantitative estimate of drug-likeness (QED) is 0.675. The van der Waals surface area contributed by atoms with Gasteiger partial charge in [0.25, 0.3) is 5.91 Å². The Morgan fingerprint density at radius 2 is 1.76 bits per heavy atom. The van der Waals surface area contributed by atoms with Crippen LogP contribution in [0.3, 0.4) is 0 Å². The molecule has 0 bridgehead atoms. The molecule has 3 N–H and O–H groups in total. The lowest BCUT2D eigenvalue weighted by molar-refractivity contribution is 0.102. The predicted molar refractivity (Wildman–Crippen MR) is 105 cm³/mol. The number of alkyl halides is 1. The van der Waals surface area contributed by atoms with Gasteiger partial charge in [-0.25, -0.2) is 0 Å². The molecule has 2 rings (SSSR count). The van der Waals surface area contributed by atoms with Crippen molar-refractivity contribution in [1.82, 2.24) is 0 Å². The summed E-state index contributed by atoms with van der Waals surface area (Å²) in [5.74, 6) is 0.0203. The number of carbonyl (C=O) groups is 1. The van der Waals surface area contributed by atoms with Crippen LogP contribution in [0.25, 0.3) is 0 Å². The number of rotatable bonds is 6. The maximum Gasteiger partial charge on any atom is 0.255 e. The molecule has 0 saturated carbocycles. The largest absolute Gasteiger partial charge is 0.390 e. The summed E-state index contributed by atoms with van der Waals surface area (Å²) in [4.78, 5) is 12.4. The molecule has 5 heteroatoms. The molecular weight excluding hydrogens is 336 g/mol. The number of halogens is 1. The van der Waals surface area contributed by atoms with Gasteiger partial charge in [-0.05, 0) is 41.3 Å². The van der Waals surface area contributed by atoms with Crippen molar-refractivity contribution in [3.63, 3.8) is 0 Å². The van der Waals surface area contributed by atoms with Crippen LogP contribution in [0.15, 0.2) is 48.5 Å². The van der Waals surface area contributed by atoms with Crippen molar-refractivity contribution in [2.75, 3.05) is 23.1 Å². The second kappa shape index (κ2) is 8.37. The zero-order valence-electron chi connectivity index (χ0n) is 14.8. The number of hydrogen-bond acceptors (Lipinski definition) is 3. The molecule has 0 aliphatic carbocycles. The number of aliphatic hydroxyl groups excluding tert-OH is 1. The third-order valence-electron chi connectivity index (χ3n) is 3.85. The van der Waals surface area contributed by atoms with Gasteiger partial charge in [-0.15, -0.1) is 11.6 Å². The number of hydrogen-bond donors (Lipinski definition) is 3. The van der Waals surface area contributed by atoms with E-state index in [1.54, 1.807) is 0 Å². The lowest BCUT2D eigenvalue weighted by atomic mass is 9.87. The van der Waals surface area contributed by atoms with Crippen LogP contribution in [0.2, 0.25) is 0 Å². The van der Waals surface area contributed by atoms with Gasteiger partial charge in [0.05, 0.1) is 12.0 Å². The number of amides is 1. The van der Waals surface area contributed by atoms with Gasteiger partial charge in [0.15, 0.2) is 0 Å². The lowest BCUT2D eigenvalue weighted by Crippen LogP contribution is -2.20. The maximum absolute atomic E-state index is 12.4. The minimum atomic E-state index is -0.610. The van der Waals surface area contributed by atoms with Gasteiger partial charge in [0.1, 0.15) is 0 Å². The second-order valence-electron chi connectivity index (χ2n) is 7.05. The van der Waals surface area contributed by atoms with Crippen molar-refractivity contribution in [3.8, 4) is 0 Å². The van der Waals surface area contributed by atoms with Gasteiger partial charge in [0.2, 0.25) is 0 Å². The van der Waals surface area contributed by atoms with Crippen molar-refractivity contribution in [2.45, 2.75) is 32.3 Å². The standard InChI is InChI=1S/C20H25ClN2O2/c1-20(2,3)15-9-7-14(8-10-15)19(25)23-17-6-4-5-16(11-17)22-13-18(24)12-21/h4-11,18,22,24H,12-13H2,1-3H3,(H,23,25). The Morgan fingerprint density at radius 3 is 2.36 bits per heavy atom. The first-order valence-corrected chi connectivity index (χ1v) is 8.83. The molecule has 1 unspecified atom stereocenters. The van der Waals surface area contributed by atoms with E-state index in [-0.39, 0.29) is 17.2 Å². The summed E-state index contributed by atoms with van der Waals surface area (Å²) in [6.07, 6.45) is -0.610. The summed E-state index contributed by atoms with van der Waals surface area (Å²) in [6, 6.07) is 15.0. The normalized spacial score (nSPS) is 12.5. The highest BCUT2D eigenvalue weighted by atomic mass is 35.5. The number of nitrogens with one attached hydrogen (secondary N) is 2. The van der Waals surface area contributed by atoms with Gasteiger partial charge < -0.3 is 15.7 Å². The predicted octanol–water partition coefficient (Wildman–Crippen LogP) is 4.25. The first-order valence-electron chi connectivity index (χ1n) is 8.29. The van der Waals surface area contributed by atoms with Gasteiger partial charge >= 0.3 is 0 Å². The molecule has 0 aliphatic heterocycles. The van der Waals surface area contributed by atoms with Gasteiger partial charge in [0, 0.05) is 23.5 Å². The molecule has 2 aromatic carbocycles. The summed E-state index contributed by atoms with van der Waals surface area (Å²) >= 11 is 5.58. The minimum absolute atomic E-state index is 0.0581. The highest BCUT2D eigenvalue weighted by Crippen LogP contribution is 2.22. The van der Waals surface area contributed by atoms with E-state index in [0.29, 0.717) is 17.8 Å². The molecular formula is C20H25ClN2O2. The molecule has 0 fully saturated rings. The van der Waals surface area contributed by atoms with Crippen LogP contribution in [0.1, 0.15) is 36.7 Å². The smallest absolute Gasteiger partial charge is 0.255 e. The van der Waals surface area contributed by atoms with Crippen molar-refractivity contribution in [3.05, 3.63) is 59.7 Å². The van der Waals surface area contributed by atoms with E-state index in [4.69, 9.17) is 11.6 Å². The molecule has 2 aromatic rings. The van der Waals surface area contributed by atoms with E-state index >= 15 is 0 Å². The van der Waals surface area contributed by atoms with Crippen LogP contribution in [-0.2, 0) is 5.41 Å². The number of benzene rings is 2. The summed E-state index contributed by atoms with van der Waals surface area (Å²) in [5.41, 5.74) is 3.36. The van der Waals surface area contributed by atoms with Gasteiger partial charge in [-0.1, -0.05) is 39.0 Å². The fourth-order valence-electron chi connectivity index (χ4n) is 2.32. The zero-order valence-corrected chi connectivity index (χ0v) is 15.6. The molecule has 25 heavy (non-hydrogen) atoms. The Morgan fingerprint density at radius 1 is 1.12 bits per heavy atom. The van der Waals surface area contributed by atoms with Crippen molar-refractivity contribution >= 4 is 28.9 Å². The molecule has 0 aromatic heterocycles. The Balaban J connectivity index is 2.02. The number of carbonyl (C=O) groups excluding carboxylic acids is 1. The summed E-state index contributed by atoms with van der Waals surface area (Å²) in [7, 11) is 0. The highest BCUT2D eigenvalue weighted by Gasteiger charge is 2.14. The van der Waals surface area contributed by atoms with E-state index in [1.165, 1.54) is 5.56 Å². The average Bonchev–Trinajstić information content (AvgIpc) is 2.59. The Labute approximate surface area is 154 Å². The van der Waals surface area contributed by atoms with E-state index in [1.807, 2.05) is 48.5 Å². The van der Waals surface area contributed by atoms with Gasteiger partial charge in [-0.3, -0.25) is 4.79 Å². The van der Waals surface area contributed by atoms with Crippen molar-refractivity contribution in [2.24, 2.45) is 0 Å². The maximum atomic E-state index is 12.4. The Bertz CT molecular complexity index is 708. The number of anilines is 2. The second-order valence-corrected chi connectivity index (χ2v) is 7.36. The fourth-order valence-corrected chi connectivity index (χ4v) is 2.43. The monoisotopic (exact) mass is 360 g/mol. The van der Waals surface area contributed by atoms with Crippen LogP contribution in [-0.4, -0.2) is 29.5 Å². The molecule has 4 nitrogen and oxygen atoms in total. The third-order valence-corrected chi connectivity index (χ3v) is 4.21. The van der Waals surface area contributed by atoms with Crippen LogP contribution in [0.5, 0.6) is 0 Å². The molecule has 0 spiro atoms. The van der Waals surface area contributed by atoms with E-state index in [0.717, 1.165) is 5.69 Å². The number of aliphatic hydroxyl groups is 1. The first-order chi connectivity index (χ1) is 11.8. The van der Waals surface area contributed by atoms with Crippen molar-refractivity contribution < 1.29 is 9.90 Å². The Kier molecular flexibility index (Phi) is 6.45. The van der Waals surface area contributed by atoms with Crippen LogP contribution in [0.4, 0.5) is 11.4 Å². The minimum Gasteiger partial charge on any atom is -0.390 e. The van der Waals surface area contributed by atoms with Crippen molar-refractivity contribution in [1.29, 1.82) is 0 Å². The first kappa shape index (κ1) is 19.3. The molecule has 0 radical (unpaired) electrons. The Hall–Kier alpha value is -2.04.